The zero-order valence-electron chi connectivity index (χ0n) is 13.8. The topological polar surface area (TPSA) is 77.2 Å². The highest BCUT2D eigenvalue weighted by Crippen LogP contribution is 2.23. The summed E-state index contributed by atoms with van der Waals surface area (Å²) in [6.45, 7) is -1.39. The first-order valence-corrected chi connectivity index (χ1v) is 8.73. The fourth-order valence-electron chi connectivity index (χ4n) is 2.14. The van der Waals surface area contributed by atoms with Crippen molar-refractivity contribution in [3.8, 4) is 16.5 Å². The van der Waals surface area contributed by atoms with E-state index in [0.717, 1.165) is 4.88 Å². The van der Waals surface area contributed by atoms with Gasteiger partial charge in [-0.3, -0.25) is 4.79 Å². The Morgan fingerprint density at radius 1 is 1.26 bits per heavy atom. The van der Waals surface area contributed by atoms with Gasteiger partial charge in [0.25, 0.3) is 0 Å². The molecule has 10 heteroatoms. The molecule has 3 rings (SSSR count). The Hall–Kier alpha value is -2.88. The number of halogens is 3. The number of carbonyl (C=O) groups is 1. The number of thiophene rings is 1. The molecule has 3 aromatic rings. The van der Waals surface area contributed by atoms with Gasteiger partial charge in [-0.1, -0.05) is 17.3 Å². The van der Waals surface area contributed by atoms with E-state index in [0.29, 0.717) is 17.4 Å². The molecule has 0 radical (unpaired) electrons. The Kier molecular flexibility index (Phi) is 5.75. The third-order valence-electron chi connectivity index (χ3n) is 3.30. The summed E-state index contributed by atoms with van der Waals surface area (Å²) < 4.78 is 46.3. The van der Waals surface area contributed by atoms with Crippen LogP contribution in [-0.2, 0) is 11.2 Å². The Balaban J connectivity index is 1.51. The van der Waals surface area contributed by atoms with Gasteiger partial charge in [0.2, 0.25) is 17.6 Å². The highest BCUT2D eigenvalue weighted by Gasteiger charge is 2.28. The lowest BCUT2D eigenvalue weighted by Gasteiger charge is -2.10. The van der Waals surface area contributed by atoms with Crippen molar-refractivity contribution in [1.29, 1.82) is 0 Å². The highest BCUT2D eigenvalue weighted by molar-refractivity contribution is 7.13. The van der Waals surface area contributed by atoms with Crippen LogP contribution in [-0.4, -0.2) is 28.8 Å². The van der Waals surface area contributed by atoms with Gasteiger partial charge in [-0.15, -0.1) is 11.3 Å². The van der Waals surface area contributed by atoms with Crippen LogP contribution < -0.4 is 10.1 Å². The summed E-state index contributed by atoms with van der Waals surface area (Å²) in [6, 6.07) is 9.49. The van der Waals surface area contributed by atoms with E-state index in [1.807, 2.05) is 17.5 Å². The molecule has 1 N–H and O–H groups in total. The molecule has 0 atom stereocenters. The van der Waals surface area contributed by atoms with Crippen LogP contribution in [0.4, 0.5) is 18.9 Å². The number of hydrogen-bond acceptors (Lipinski definition) is 6. The second-order valence-electron chi connectivity index (χ2n) is 5.47. The summed E-state index contributed by atoms with van der Waals surface area (Å²) in [7, 11) is 0. The van der Waals surface area contributed by atoms with E-state index in [2.05, 4.69) is 20.2 Å². The van der Waals surface area contributed by atoms with Crippen molar-refractivity contribution in [2.45, 2.75) is 19.0 Å². The quantitative estimate of drug-likeness (QED) is 0.643. The van der Waals surface area contributed by atoms with E-state index >= 15 is 0 Å². The number of aromatic nitrogens is 2. The predicted octanol–water partition coefficient (Wildman–Crippen LogP) is 4.31. The first-order valence-electron chi connectivity index (χ1n) is 7.85. The summed E-state index contributed by atoms with van der Waals surface area (Å²) in [5.41, 5.74) is 0.337. The number of benzene rings is 1. The van der Waals surface area contributed by atoms with Crippen molar-refractivity contribution in [3.63, 3.8) is 0 Å². The average molecular weight is 397 g/mol. The second-order valence-corrected chi connectivity index (χ2v) is 6.42. The van der Waals surface area contributed by atoms with E-state index in [-0.39, 0.29) is 24.5 Å². The lowest BCUT2D eigenvalue weighted by atomic mass is 10.2. The van der Waals surface area contributed by atoms with Gasteiger partial charge < -0.3 is 14.6 Å². The first kappa shape index (κ1) is 18.9. The maximum Gasteiger partial charge on any atom is 0.422 e. The van der Waals surface area contributed by atoms with Crippen molar-refractivity contribution in [3.05, 3.63) is 47.7 Å². The molecule has 0 unspecified atom stereocenters. The third kappa shape index (κ3) is 5.81. The molecule has 0 aliphatic carbocycles. The normalized spacial score (nSPS) is 11.4. The number of nitrogens with one attached hydrogen (secondary N) is 1. The van der Waals surface area contributed by atoms with Crippen LogP contribution in [0.25, 0.3) is 10.7 Å². The van der Waals surface area contributed by atoms with Crippen LogP contribution in [0.1, 0.15) is 12.3 Å². The molecule has 0 aliphatic rings. The van der Waals surface area contributed by atoms with E-state index in [9.17, 15) is 18.0 Å². The molecule has 2 aromatic heterocycles. The zero-order chi connectivity index (χ0) is 19.3. The molecule has 0 spiro atoms. The van der Waals surface area contributed by atoms with Crippen LogP contribution >= 0.6 is 11.3 Å². The smallest absolute Gasteiger partial charge is 0.422 e. The molecule has 1 amide bonds. The number of alkyl halides is 3. The largest absolute Gasteiger partial charge is 0.484 e. The molecule has 0 bridgehead atoms. The van der Waals surface area contributed by atoms with Crippen molar-refractivity contribution in [2.24, 2.45) is 0 Å². The molecule has 6 nitrogen and oxygen atoms in total. The van der Waals surface area contributed by atoms with Gasteiger partial charge in [-0.25, -0.2) is 0 Å². The van der Waals surface area contributed by atoms with Crippen LogP contribution in [0.5, 0.6) is 5.75 Å². The molecular formula is C17H14F3N3O3S. The number of carbonyl (C=O) groups excluding carboxylic acids is 1. The monoisotopic (exact) mass is 397 g/mol. The number of aryl methyl sites for hydroxylation is 1. The Labute approximate surface area is 156 Å². The fraction of sp³-hybridized carbons (Fsp3) is 0.235. The standard InChI is InChI=1S/C17H14F3N3O3S/c18-17(19,20)10-25-12-4-1-3-11(9-12)21-14(24)6-7-15-22-16(23-26-15)13-5-2-8-27-13/h1-5,8-9H,6-7,10H2,(H,21,24). The van der Waals surface area contributed by atoms with Crippen LogP contribution in [0, 0.1) is 0 Å². The molecule has 0 fully saturated rings. The van der Waals surface area contributed by atoms with Gasteiger partial charge in [0.05, 0.1) is 4.88 Å². The van der Waals surface area contributed by atoms with E-state index < -0.39 is 12.8 Å². The average Bonchev–Trinajstić information content (AvgIpc) is 3.29. The summed E-state index contributed by atoms with van der Waals surface area (Å²) in [6.07, 6.45) is -4.10. The summed E-state index contributed by atoms with van der Waals surface area (Å²) in [5, 5.41) is 8.35. The molecule has 0 aliphatic heterocycles. The number of amides is 1. The summed E-state index contributed by atoms with van der Waals surface area (Å²) in [4.78, 5) is 17.1. The second kappa shape index (κ2) is 8.21. The maximum atomic E-state index is 12.2. The Bertz CT molecular complexity index is 894. The third-order valence-corrected chi connectivity index (χ3v) is 4.16. The SMILES string of the molecule is O=C(CCc1nc(-c2cccs2)no1)Nc1cccc(OCC(F)(F)F)c1. The number of nitrogens with zero attached hydrogens (tertiary/aromatic N) is 2. The van der Waals surface area contributed by atoms with Crippen molar-refractivity contribution in [1.82, 2.24) is 10.1 Å². The molecule has 1 aromatic carbocycles. The minimum absolute atomic E-state index is 0.0163. The summed E-state index contributed by atoms with van der Waals surface area (Å²) >= 11 is 1.48. The molecule has 0 saturated heterocycles. The summed E-state index contributed by atoms with van der Waals surface area (Å²) in [5.74, 6) is 0.479. The van der Waals surface area contributed by atoms with Gasteiger partial charge in [0.15, 0.2) is 6.61 Å². The van der Waals surface area contributed by atoms with E-state index in [4.69, 9.17) is 4.52 Å². The number of anilines is 1. The van der Waals surface area contributed by atoms with E-state index in [1.165, 1.54) is 29.5 Å². The van der Waals surface area contributed by atoms with Crippen molar-refractivity contribution in [2.75, 3.05) is 11.9 Å². The minimum Gasteiger partial charge on any atom is -0.484 e. The van der Waals surface area contributed by atoms with Gasteiger partial charge >= 0.3 is 6.18 Å². The molecule has 2 heterocycles. The predicted molar refractivity (Wildman–Crippen MR) is 92.6 cm³/mol. The van der Waals surface area contributed by atoms with Gasteiger partial charge in [-0.05, 0) is 23.6 Å². The molecule has 27 heavy (non-hydrogen) atoms. The first-order chi connectivity index (χ1) is 12.9. The highest BCUT2D eigenvalue weighted by atomic mass is 32.1. The van der Waals surface area contributed by atoms with E-state index in [1.54, 1.807) is 6.07 Å². The zero-order valence-corrected chi connectivity index (χ0v) is 14.6. The van der Waals surface area contributed by atoms with Gasteiger partial charge in [0, 0.05) is 24.6 Å². The van der Waals surface area contributed by atoms with Crippen LogP contribution in [0.15, 0.2) is 46.3 Å². The maximum absolute atomic E-state index is 12.2. The van der Waals surface area contributed by atoms with Crippen LogP contribution in [0.2, 0.25) is 0 Å². The molecule has 0 saturated carbocycles. The Morgan fingerprint density at radius 3 is 2.85 bits per heavy atom. The number of rotatable bonds is 7. The minimum atomic E-state index is -4.43. The van der Waals surface area contributed by atoms with Crippen LogP contribution in [0.3, 0.4) is 0 Å². The van der Waals surface area contributed by atoms with Crippen molar-refractivity contribution >= 4 is 22.9 Å². The van der Waals surface area contributed by atoms with Gasteiger partial charge in [0.1, 0.15) is 5.75 Å². The molecular weight excluding hydrogens is 383 g/mol. The molecule has 142 valence electrons. The lowest BCUT2D eigenvalue weighted by molar-refractivity contribution is -0.153. The lowest BCUT2D eigenvalue weighted by Crippen LogP contribution is -2.19. The number of ether oxygens (including phenoxy) is 1. The number of hydrogen-bond donors (Lipinski definition) is 1. The van der Waals surface area contributed by atoms with Gasteiger partial charge in [-0.2, -0.15) is 18.2 Å². The van der Waals surface area contributed by atoms with Crippen molar-refractivity contribution < 1.29 is 27.2 Å². The fourth-order valence-corrected chi connectivity index (χ4v) is 2.78. The Morgan fingerprint density at radius 2 is 2.11 bits per heavy atom.